The Morgan fingerprint density at radius 1 is 1.30 bits per heavy atom. The molecule has 1 aromatic rings. The average Bonchev–Trinajstić information content (AvgIpc) is 2.66. The van der Waals surface area contributed by atoms with Gasteiger partial charge in [0, 0.05) is 37.8 Å². The van der Waals surface area contributed by atoms with Crippen LogP contribution in [0.5, 0.6) is 0 Å². The van der Waals surface area contributed by atoms with E-state index in [4.69, 9.17) is 23.2 Å². The van der Waals surface area contributed by atoms with Gasteiger partial charge in [0.2, 0.25) is 5.91 Å². The fourth-order valence-corrected chi connectivity index (χ4v) is 3.73. The van der Waals surface area contributed by atoms with Crippen LogP contribution < -0.4 is 5.32 Å². The van der Waals surface area contributed by atoms with Crippen LogP contribution in [0.25, 0.3) is 0 Å². The molecule has 0 aromatic heterocycles. The first kappa shape index (κ1) is 22.0. The van der Waals surface area contributed by atoms with Crippen molar-refractivity contribution in [2.24, 2.45) is 5.92 Å². The van der Waals surface area contributed by atoms with E-state index in [2.05, 4.69) is 31.0 Å². The third kappa shape index (κ3) is 6.09. The Morgan fingerprint density at radius 3 is 2.67 bits per heavy atom. The number of carbonyl (C=O) groups is 2. The van der Waals surface area contributed by atoms with E-state index in [0.717, 1.165) is 25.9 Å². The van der Waals surface area contributed by atoms with Crippen LogP contribution in [0.3, 0.4) is 0 Å². The fourth-order valence-electron chi connectivity index (χ4n) is 3.44. The van der Waals surface area contributed by atoms with Gasteiger partial charge in [0.1, 0.15) is 0 Å². The molecule has 150 valence electrons. The highest BCUT2D eigenvalue weighted by Crippen LogP contribution is 2.25. The molecule has 1 aliphatic rings. The first-order valence-corrected chi connectivity index (χ1v) is 10.3. The topological polar surface area (TPSA) is 52.7 Å². The van der Waals surface area contributed by atoms with Crippen molar-refractivity contribution in [1.82, 2.24) is 15.1 Å². The van der Waals surface area contributed by atoms with E-state index in [9.17, 15) is 9.59 Å². The van der Waals surface area contributed by atoms with Crippen LogP contribution in [0.4, 0.5) is 0 Å². The lowest BCUT2D eigenvalue weighted by Crippen LogP contribution is -2.47. The fraction of sp³-hybridized carbons (Fsp3) is 0.600. The highest BCUT2D eigenvalue weighted by molar-refractivity contribution is 6.42. The molecule has 2 amide bonds. The zero-order valence-corrected chi connectivity index (χ0v) is 17.8. The molecule has 7 heteroatoms. The molecule has 0 aliphatic carbocycles. The van der Waals surface area contributed by atoms with E-state index in [0.29, 0.717) is 41.3 Å². The van der Waals surface area contributed by atoms with E-state index >= 15 is 0 Å². The molecule has 2 rings (SSSR count). The first-order chi connectivity index (χ1) is 12.8. The normalized spacial score (nSPS) is 17.4. The molecule has 0 radical (unpaired) electrons. The number of halogens is 2. The van der Waals surface area contributed by atoms with Gasteiger partial charge >= 0.3 is 0 Å². The van der Waals surface area contributed by atoms with Gasteiger partial charge in [-0.15, -0.1) is 0 Å². The van der Waals surface area contributed by atoms with Crippen LogP contribution >= 0.6 is 23.2 Å². The van der Waals surface area contributed by atoms with Crippen molar-refractivity contribution in [3.05, 3.63) is 33.8 Å². The largest absolute Gasteiger partial charge is 0.355 e. The molecular weight excluding hydrogens is 385 g/mol. The Labute approximate surface area is 172 Å². The summed E-state index contributed by atoms with van der Waals surface area (Å²) in [5.74, 6) is -0.246. The van der Waals surface area contributed by atoms with Crippen LogP contribution in [-0.2, 0) is 4.79 Å². The lowest BCUT2D eigenvalue weighted by Gasteiger charge is -2.32. The number of amides is 2. The monoisotopic (exact) mass is 413 g/mol. The molecule has 27 heavy (non-hydrogen) atoms. The SMILES string of the molecule is CCN(CCNC(=O)C1CCCN(C(=O)c2ccc(Cl)c(Cl)c2)C1)C(C)C. The number of benzene rings is 1. The smallest absolute Gasteiger partial charge is 0.253 e. The molecule has 1 N–H and O–H groups in total. The average molecular weight is 414 g/mol. The highest BCUT2D eigenvalue weighted by atomic mass is 35.5. The quantitative estimate of drug-likeness (QED) is 0.741. The second kappa shape index (κ2) is 10.3. The van der Waals surface area contributed by atoms with E-state index in [1.54, 1.807) is 23.1 Å². The van der Waals surface area contributed by atoms with Crippen LogP contribution in [-0.4, -0.2) is 60.4 Å². The number of hydrogen-bond donors (Lipinski definition) is 1. The Kier molecular flexibility index (Phi) is 8.39. The maximum atomic E-state index is 12.7. The maximum Gasteiger partial charge on any atom is 0.253 e. The van der Waals surface area contributed by atoms with E-state index in [1.807, 2.05) is 0 Å². The Morgan fingerprint density at radius 2 is 2.04 bits per heavy atom. The highest BCUT2D eigenvalue weighted by Gasteiger charge is 2.29. The summed E-state index contributed by atoms with van der Waals surface area (Å²) in [6.07, 6.45) is 1.62. The minimum absolute atomic E-state index is 0.0291. The van der Waals surface area contributed by atoms with Crippen LogP contribution in [0.15, 0.2) is 18.2 Å². The third-order valence-electron chi connectivity index (χ3n) is 5.08. The summed E-state index contributed by atoms with van der Waals surface area (Å²) < 4.78 is 0. The van der Waals surface area contributed by atoms with Gasteiger partial charge in [0.15, 0.2) is 0 Å². The summed E-state index contributed by atoms with van der Waals surface area (Å²) >= 11 is 11.9. The molecular formula is C20H29Cl2N3O2. The molecule has 1 unspecified atom stereocenters. The summed E-state index contributed by atoms with van der Waals surface area (Å²) in [6, 6.07) is 5.34. The zero-order valence-electron chi connectivity index (χ0n) is 16.3. The molecule has 1 saturated heterocycles. The minimum atomic E-state index is -0.167. The molecule has 1 fully saturated rings. The standard InChI is InChI=1S/C20H29Cl2N3O2/c1-4-24(14(2)3)11-9-23-19(26)16-6-5-10-25(13-16)20(27)15-7-8-17(21)18(22)12-15/h7-8,12,14,16H,4-6,9-11,13H2,1-3H3,(H,23,26). The van der Waals surface area contributed by atoms with Crippen molar-refractivity contribution in [1.29, 1.82) is 0 Å². The van der Waals surface area contributed by atoms with Crippen LogP contribution in [0.1, 0.15) is 44.0 Å². The van der Waals surface area contributed by atoms with Crippen molar-refractivity contribution in [2.45, 2.75) is 39.7 Å². The van der Waals surface area contributed by atoms with Gasteiger partial charge in [0.25, 0.3) is 5.91 Å². The number of rotatable bonds is 7. The Hall–Kier alpha value is -1.30. The minimum Gasteiger partial charge on any atom is -0.355 e. The van der Waals surface area contributed by atoms with Crippen molar-refractivity contribution < 1.29 is 9.59 Å². The van der Waals surface area contributed by atoms with Crippen molar-refractivity contribution in [2.75, 3.05) is 32.7 Å². The van der Waals surface area contributed by atoms with E-state index < -0.39 is 0 Å². The van der Waals surface area contributed by atoms with E-state index in [-0.39, 0.29) is 17.7 Å². The molecule has 1 heterocycles. The summed E-state index contributed by atoms with van der Waals surface area (Å²) in [5, 5.41) is 3.81. The predicted molar refractivity (Wildman–Crippen MR) is 110 cm³/mol. The number of hydrogen-bond acceptors (Lipinski definition) is 3. The summed E-state index contributed by atoms with van der Waals surface area (Å²) in [4.78, 5) is 29.3. The van der Waals surface area contributed by atoms with Crippen LogP contribution in [0, 0.1) is 5.92 Å². The molecule has 0 bridgehead atoms. The Balaban J connectivity index is 1.89. The zero-order chi connectivity index (χ0) is 20.0. The van der Waals surface area contributed by atoms with Crippen LogP contribution in [0.2, 0.25) is 10.0 Å². The number of nitrogens with zero attached hydrogens (tertiary/aromatic N) is 2. The molecule has 1 atom stereocenters. The van der Waals surface area contributed by atoms with Gasteiger partial charge in [-0.1, -0.05) is 30.1 Å². The van der Waals surface area contributed by atoms with Gasteiger partial charge in [-0.05, 0) is 51.4 Å². The molecule has 1 aliphatic heterocycles. The number of piperidine rings is 1. The predicted octanol–water partition coefficient (Wildman–Crippen LogP) is 3.69. The third-order valence-corrected chi connectivity index (χ3v) is 5.82. The Bertz CT molecular complexity index is 667. The molecule has 0 saturated carbocycles. The maximum absolute atomic E-state index is 12.7. The lowest BCUT2D eigenvalue weighted by atomic mass is 9.96. The molecule has 1 aromatic carbocycles. The van der Waals surface area contributed by atoms with Gasteiger partial charge in [-0.25, -0.2) is 0 Å². The lowest BCUT2D eigenvalue weighted by molar-refractivity contribution is -0.126. The number of likely N-dealkylation sites (tertiary alicyclic amines) is 1. The number of carbonyl (C=O) groups excluding carboxylic acids is 2. The summed E-state index contributed by atoms with van der Waals surface area (Å²) in [5.41, 5.74) is 0.501. The summed E-state index contributed by atoms with van der Waals surface area (Å²) in [6.45, 7) is 9.93. The second-order valence-electron chi connectivity index (χ2n) is 7.23. The van der Waals surface area contributed by atoms with Crippen molar-refractivity contribution in [3.63, 3.8) is 0 Å². The van der Waals surface area contributed by atoms with Gasteiger partial charge in [-0.2, -0.15) is 0 Å². The number of likely N-dealkylation sites (N-methyl/N-ethyl adjacent to an activating group) is 1. The first-order valence-electron chi connectivity index (χ1n) is 9.59. The summed E-state index contributed by atoms with van der Waals surface area (Å²) in [7, 11) is 0. The van der Waals surface area contributed by atoms with Gasteiger partial charge in [-0.3, -0.25) is 14.5 Å². The van der Waals surface area contributed by atoms with Crippen molar-refractivity contribution in [3.8, 4) is 0 Å². The molecule has 5 nitrogen and oxygen atoms in total. The number of nitrogens with one attached hydrogen (secondary N) is 1. The van der Waals surface area contributed by atoms with E-state index in [1.165, 1.54) is 0 Å². The van der Waals surface area contributed by atoms with Gasteiger partial charge < -0.3 is 10.2 Å². The molecule has 0 spiro atoms. The van der Waals surface area contributed by atoms with Crippen molar-refractivity contribution >= 4 is 35.0 Å². The van der Waals surface area contributed by atoms with Gasteiger partial charge in [0.05, 0.1) is 16.0 Å². The second-order valence-corrected chi connectivity index (χ2v) is 8.05.